The van der Waals surface area contributed by atoms with Crippen molar-refractivity contribution in [3.63, 3.8) is 0 Å². The van der Waals surface area contributed by atoms with Gasteiger partial charge in [0.1, 0.15) is 0 Å². The number of ketones is 3. The second-order valence-corrected chi connectivity index (χ2v) is 7.01. The van der Waals surface area contributed by atoms with Gasteiger partial charge in [-0.1, -0.05) is 30.3 Å². The molecule has 1 atom stereocenters. The Labute approximate surface area is 155 Å². The van der Waals surface area contributed by atoms with Crippen LogP contribution in [0.15, 0.2) is 71.3 Å². The third kappa shape index (κ3) is 2.24. The number of Topliss-reactive ketones (excluding diaryl/α,β-unsaturated/α-hetero) is 3. The topological polar surface area (TPSA) is 76.1 Å². The maximum atomic E-state index is 13.3. The molecule has 0 spiro atoms. The van der Waals surface area contributed by atoms with E-state index < -0.39 is 5.92 Å². The van der Waals surface area contributed by atoms with Crippen LogP contribution in [0.2, 0.25) is 0 Å². The first-order chi connectivity index (χ1) is 13.2. The van der Waals surface area contributed by atoms with E-state index in [1.54, 1.807) is 6.07 Å². The molecule has 1 aromatic carbocycles. The molecule has 0 saturated carbocycles. The molecule has 1 aromatic heterocycles. The van der Waals surface area contributed by atoms with Crippen molar-refractivity contribution in [2.75, 3.05) is 0 Å². The Bertz CT molecular complexity index is 1080. The van der Waals surface area contributed by atoms with Crippen LogP contribution < -0.4 is 5.32 Å². The largest absolute Gasteiger partial charge is 0.355 e. The minimum absolute atomic E-state index is 0.0429. The molecular formula is C22H16N2O3. The summed E-state index contributed by atoms with van der Waals surface area (Å²) < 4.78 is 0. The molecule has 0 radical (unpaired) electrons. The average molecular weight is 356 g/mol. The number of rotatable bonds is 1. The number of hydrogen-bond donors (Lipinski definition) is 1. The highest BCUT2D eigenvalue weighted by Crippen LogP contribution is 2.45. The first-order valence-electron chi connectivity index (χ1n) is 9.02. The summed E-state index contributed by atoms with van der Waals surface area (Å²) in [6.07, 6.45) is 4.87. The summed E-state index contributed by atoms with van der Waals surface area (Å²) in [4.78, 5) is 43.3. The molecule has 0 saturated heterocycles. The summed E-state index contributed by atoms with van der Waals surface area (Å²) in [6, 6.07) is 11.1. The number of hydrogen-bond acceptors (Lipinski definition) is 5. The van der Waals surface area contributed by atoms with Gasteiger partial charge in [-0.05, 0) is 24.5 Å². The summed E-state index contributed by atoms with van der Waals surface area (Å²) in [5.41, 5.74) is 3.58. The molecule has 2 heterocycles. The molecule has 0 amide bonds. The van der Waals surface area contributed by atoms with E-state index in [4.69, 9.17) is 0 Å². The molecule has 1 aliphatic heterocycles. The maximum absolute atomic E-state index is 13.3. The van der Waals surface area contributed by atoms with Crippen LogP contribution in [0.5, 0.6) is 0 Å². The number of nitrogens with one attached hydrogen (secondary N) is 1. The van der Waals surface area contributed by atoms with Gasteiger partial charge in [0.05, 0.1) is 11.3 Å². The lowest BCUT2D eigenvalue weighted by Gasteiger charge is -2.36. The van der Waals surface area contributed by atoms with Crippen LogP contribution >= 0.6 is 0 Å². The van der Waals surface area contributed by atoms with E-state index in [9.17, 15) is 14.4 Å². The summed E-state index contributed by atoms with van der Waals surface area (Å²) >= 11 is 0. The molecule has 5 heteroatoms. The summed E-state index contributed by atoms with van der Waals surface area (Å²) in [5.74, 6) is -0.928. The first kappa shape index (κ1) is 15.9. The van der Waals surface area contributed by atoms with E-state index in [2.05, 4.69) is 10.3 Å². The molecule has 132 valence electrons. The molecule has 5 rings (SSSR count). The lowest BCUT2D eigenvalue weighted by Crippen LogP contribution is -2.40. The highest BCUT2D eigenvalue weighted by molar-refractivity contribution is 6.28. The molecule has 2 aliphatic carbocycles. The number of aromatic nitrogens is 1. The van der Waals surface area contributed by atoms with Gasteiger partial charge >= 0.3 is 0 Å². The molecule has 3 aliphatic rings. The standard InChI is InChI=1S/C22H16N2O3/c25-16-8-4-7-15-18(16)17(12-5-2-1-3-6-12)19-20(24-15)22(27)13-9-10-23-11-14(13)21(19)26/h1-3,5-6,9-11,17,24H,4,7-8H2. The Morgan fingerprint density at radius 3 is 2.52 bits per heavy atom. The van der Waals surface area contributed by atoms with E-state index in [0.717, 1.165) is 17.7 Å². The van der Waals surface area contributed by atoms with Crippen molar-refractivity contribution in [2.45, 2.75) is 25.2 Å². The van der Waals surface area contributed by atoms with Gasteiger partial charge in [-0.25, -0.2) is 0 Å². The van der Waals surface area contributed by atoms with Crippen molar-refractivity contribution in [3.8, 4) is 0 Å². The van der Waals surface area contributed by atoms with Crippen LogP contribution in [0.3, 0.4) is 0 Å². The van der Waals surface area contributed by atoms with E-state index in [-0.39, 0.29) is 17.3 Å². The molecule has 0 fully saturated rings. The second kappa shape index (κ2) is 5.84. The molecule has 2 aromatic rings. The number of pyridine rings is 1. The van der Waals surface area contributed by atoms with Gasteiger partial charge in [-0.3, -0.25) is 19.4 Å². The van der Waals surface area contributed by atoms with Crippen LogP contribution in [0.25, 0.3) is 0 Å². The number of benzene rings is 1. The average Bonchev–Trinajstić information content (AvgIpc) is 2.71. The van der Waals surface area contributed by atoms with E-state index >= 15 is 0 Å². The van der Waals surface area contributed by atoms with E-state index in [0.29, 0.717) is 40.8 Å². The Kier molecular flexibility index (Phi) is 3.44. The number of carbonyl (C=O) groups excluding carboxylic acids is 3. The number of dihydropyridines is 1. The van der Waals surface area contributed by atoms with Crippen molar-refractivity contribution >= 4 is 17.3 Å². The van der Waals surface area contributed by atoms with Gasteiger partial charge in [0.25, 0.3) is 0 Å². The second-order valence-electron chi connectivity index (χ2n) is 7.01. The fraction of sp³-hybridized carbons (Fsp3) is 0.182. The quantitative estimate of drug-likeness (QED) is 0.850. The molecule has 1 N–H and O–H groups in total. The van der Waals surface area contributed by atoms with Crippen molar-refractivity contribution in [1.29, 1.82) is 0 Å². The molecule has 0 bridgehead atoms. The smallest absolute Gasteiger partial charge is 0.210 e. The molecular weight excluding hydrogens is 340 g/mol. The minimum Gasteiger partial charge on any atom is -0.355 e. The van der Waals surface area contributed by atoms with Gasteiger partial charge in [0.15, 0.2) is 11.6 Å². The Morgan fingerprint density at radius 2 is 1.70 bits per heavy atom. The highest BCUT2D eigenvalue weighted by Gasteiger charge is 2.44. The number of nitrogens with zero attached hydrogens (tertiary/aromatic N) is 1. The molecule has 1 unspecified atom stereocenters. The van der Waals surface area contributed by atoms with Crippen molar-refractivity contribution in [3.05, 3.63) is 88.0 Å². The van der Waals surface area contributed by atoms with Crippen molar-refractivity contribution < 1.29 is 14.4 Å². The Morgan fingerprint density at radius 1 is 0.889 bits per heavy atom. The third-order valence-electron chi connectivity index (χ3n) is 5.49. The van der Waals surface area contributed by atoms with Gasteiger partial charge in [-0.2, -0.15) is 0 Å². The lowest BCUT2D eigenvalue weighted by molar-refractivity contribution is -0.116. The number of carbonyl (C=O) groups is 3. The predicted molar refractivity (Wildman–Crippen MR) is 98.1 cm³/mol. The SMILES string of the molecule is O=C1CCCC2=C1C(c1ccccc1)C1=C(N2)C(=O)c2ccncc2C1=O. The summed E-state index contributed by atoms with van der Waals surface area (Å²) in [6.45, 7) is 0. The van der Waals surface area contributed by atoms with Gasteiger partial charge in [-0.15, -0.1) is 0 Å². The highest BCUT2D eigenvalue weighted by atomic mass is 16.1. The normalized spacial score (nSPS) is 21.5. The maximum Gasteiger partial charge on any atom is 0.210 e. The third-order valence-corrected chi connectivity index (χ3v) is 5.49. The predicted octanol–water partition coefficient (Wildman–Crippen LogP) is 3.11. The fourth-order valence-electron chi connectivity index (χ4n) is 4.29. The lowest BCUT2D eigenvalue weighted by atomic mass is 9.70. The van der Waals surface area contributed by atoms with Crippen LogP contribution in [-0.2, 0) is 4.79 Å². The summed E-state index contributed by atoms with van der Waals surface area (Å²) in [5, 5.41) is 3.16. The van der Waals surface area contributed by atoms with Crippen molar-refractivity contribution in [2.24, 2.45) is 0 Å². The van der Waals surface area contributed by atoms with Crippen LogP contribution in [0.4, 0.5) is 0 Å². The van der Waals surface area contributed by atoms with Gasteiger partial charge in [0.2, 0.25) is 5.78 Å². The van der Waals surface area contributed by atoms with E-state index in [1.165, 1.54) is 12.4 Å². The van der Waals surface area contributed by atoms with Crippen molar-refractivity contribution in [1.82, 2.24) is 10.3 Å². The first-order valence-corrected chi connectivity index (χ1v) is 9.02. The van der Waals surface area contributed by atoms with Gasteiger partial charge < -0.3 is 5.32 Å². The minimum atomic E-state index is -0.518. The number of allylic oxidation sites excluding steroid dienone is 4. The zero-order valence-electron chi connectivity index (χ0n) is 14.5. The molecule has 5 nitrogen and oxygen atoms in total. The zero-order chi connectivity index (χ0) is 18.5. The number of fused-ring (bicyclic) bond motifs is 1. The van der Waals surface area contributed by atoms with E-state index in [1.807, 2.05) is 30.3 Å². The summed E-state index contributed by atoms with van der Waals surface area (Å²) in [7, 11) is 0. The molecule has 27 heavy (non-hydrogen) atoms. The van der Waals surface area contributed by atoms with Gasteiger partial charge in [0, 0.05) is 47.1 Å². The Balaban J connectivity index is 1.77. The van der Waals surface area contributed by atoms with Crippen LogP contribution in [-0.4, -0.2) is 22.3 Å². The monoisotopic (exact) mass is 356 g/mol. The Hall–Kier alpha value is -3.34. The fourth-order valence-corrected chi connectivity index (χ4v) is 4.29. The van der Waals surface area contributed by atoms with Crippen LogP contribution in [0, 0.1) is 0 Å². The van der Waals surface area contributed by atoms with Crippen LogP contribution in [0.1, 0.15) is 51.5 Å². The zero-order valence-corrected chi connectivity index (χ0v) is 14.5.